The van der Waals surface area contributed by atoms with Gasteiger partial charge in [-0.15, -0.1) is 0 Å². The average molecular weight is 560 g/mol. The van der Waals surface area contributed by atoms with E-state index in [1.807, 2.05) is 67.6 Å². The number of anilines is 1. The number of benzene rings is 4. The second-order valence-corrected chi connectivity index (χ2v) is 8.78. The Bertz CT molecular complexity index is 1610. The van der Waals surface area contributed by atoms with Gasteiger partial charge in [-0.25, -0.2) is 10.2 Å². The van der Waals surface area contributed by atoms with Crippen LogP contribution in [0.15, 0.2) is 120 Å². The number of hydrazone groups is 1. The summed E-state index contributed by atoms with van der Waals surface area (Å²) in [7, 11) is 0. The van der Waals surface area contributed by atoms with Crippen molar-refractivity contribution in [1.82, 2.24) is 5.43 Å². The van der Waals surface area contributed by atoms with E-state index in [9.17, 15) is 14.4 Å². The van der Waals surface area contributed by atoms with Crippen molar-refractivity contribution in [1.29, 1.82) is 0 Å². The van der Waals surface area contributed by atoms with Gasteiger partial charge in [0.25, 0.3) is 5.91 Å². The highest BCUT2D eigenvalue weighted by atomic mass is 16.6. The molecule has 4 aromatic rings. The van der Waals surface area contributed by atoms with Crippen LogP contribution < -0.4 is 20.2 Å². The summed E-state index contributed by atoms with van der Waals surface area (Å²) in [5, 5.41) is 6.77. The minimum Gasteiger partial charge on any atom is -0.490 e. The number of nitrogens with one attached hydrogen (secondary N) is 2. The monoisotopic (exact) mass is 559 g/mol. The molecule has 0 aliphatic carbocycles. The topological polar surface area (TPSA) is 106 Å². The van der Waals surface area contributed by atoms with Crippen molar-refractivity contribution in [2.45, 2.75) is 6.92 Å². The fourth-order valence-electron chi connectivity index (χ4n) is 3.75. The van der Waals surface area contributed by atoms with Gasteiger partial charge in [0.2, 0.25) is 5.91 Å². The number of hydrogen-bond acceptors (Lipinski definition) is 6. The lowest BCUT2D eigenvalue weighted by molar-refractivity contribution is -0.129. The van der Waals surface area contributed by atoms with E-state index in [-0.39, 0.29) is 17.2 Å². The van der Waals surface area contributed by atoms with Crippen molar-refractivity contribution in [3.05, 3.63) is 138 Å². The number of rotatable bonds is 11. The van der Waals surface area contributed by atoms with Gasteiger partial charge < -0.3 is 14.8 Å². The van der Waals surface area contributed by atoms with Gasteiger partial charge >= 0.3 is 5.97 Å². The highest BCUT2D eigenvalue weighted by molar-refractivity contribution is 6.07. The van der Waals surface area contributed by atoms with E-state index >= 15 is 0 Å². The van der Waals surface area contributed by atoms with E-state index in [0.29, 0.717) is 23.6 Å². The van der Waals surface area contributed by atoms with Crippen LogP contribution in [0.4, 0.5) is 5.69 Å². The third-order valence-electron chi connectivity index (χ3n) is 5.73. The molecule has 42 heavy (non-hydrogen) atoms. The van der Waals surface area contributed by atoms with E-state index in [1.54, 1.807) is 54.6 Å². The first-order valence-electron chi connectivity index (χ1n) is 13.2. The van der Waals surface area contributed by atoms with E-state index in [1.165, 1.54) is 18.4 Å². The number of carbonyl (C=O) groups excluding carboxylic acids is 3. The third kappa shape index (κ3) is 8.89. The van der Waals surface area contributed by atoms with Crippen LogP contribution in [0.5, 0.6) is 11.5 Å². The first-order chi connectivity index (χ1) is 20.5. The third-order valence-corrected chi connectivity index (χ3v) is 5.73. The molecule has 0 atom stereocenters. The standard InChI is InChI=1S/C34H29N3O5/c1-2-41-31-23-27(17-20-30(31)42-33(39)22-19-26-13-7-4-8-14-26)24-35-37-34(40)28-15-9-10-16-29(28)36-32(38)21-18-25-11-5-3-6-12-25/h3-24H,2H2,1H3,(H,36,38)(H,37,40)/b21-18+,22-19+,35-24-. The molecule has 0 radical (unpaired) electrons. The summed E-state index contributed by atoms with van der Waals surface area (Å²) in [5.74, 6) is -0.815. The van der Waals surface area contributed by atoms with Crippen molar-refractivity contribution in [2.75, 3.05) is 11.9 Å². The molecule has 4 rings (SSSR count). The van der Waals surface area contributed by atoms with Crippen LogP contribution in [-0.2, 0) is 9.59 Å². The van der Waals surface area contributed by atoms with E-state index in [2.05, 4.69) is 15.8 Å². The number of nitrogens with zero attached hydrogens (tertiary/aromatic N) is 1. The molecule has 4 aromatic carbocycles. The smallest absolute Gasteiger partial charge is 0.336 e. The summed E-state index contributed by atoms with van der Waals surface area (Å²) < 4.78 is 11.1. The van der Waals surface area contributed by atoms with Gasteiger partial charge in [-0.3, -0.25) is 9.59 Å². The summed E-state index contributed by atoms with van der Waals surface area (Å²) in [5.41, 5.74) is 5.43. The largest absolute Gasteiger partial charge is 0.490 e. The van der Waals surface area contributed by atoms with Crippen LogP contribution in [0, 0.1) is 0 Å². The van der Waals surface area contributed by atoms with Gasteiger partial charge in [0, 0.05) is 12.2 Å². The van der Waals surface area contributed by atoms with Crippen LogP contribution >= 0.6 is 0 Å². The number of para-hydroxylation sites is 1. The summed E-state index contributed by atoms with van der Waals surface area (Å²) in [4.78, 5) is 37.6. The molecule has 8 heteroatoms. The molecule has 8 nitrogen and oxygen atoms in total. The molecule has 0 saturated carbocycles. The Morgan fingerprint density at radius 1 is 0.738 bits per heavy atom. The molecule has 0 heterocycles. The minimum atomic E-state index is -0.546. The van der Waals surface area contributed by atoms with Crippen molar-refractivity contribution in [3.8, 4) is 11.5 Å². The van der Waals surface area contributed by atoms with Crippen molar-refractivity contribution in [2.24, 2.45) is 5.10 Å². The molecule has 0 aromatic heterocycles. The van der Waals surface area contributed by atoms with Gasteiger partial charge in [0.15, 0.2) is 11.5 Å². The maximum atomic E-state index is 12.8. The quantitative estimate of drug-likeness (QED) is 0.0757. The highest BCUT2D eigenvalue weighted by Crippen LogP contribution is 2.28. The zero-order valence-corrected chi connectivity index (χ0v) is 22.9. The molecule has 0 spiro atoms. The zero-order valence-electron chi connectivity index (χ0n) is 22.9. The molecular formula is C34H29N3O5. The first kappa shape index (κ1) is 29.2. The molecule has 2 N–H and O–H groups in total. The molecule has 0 fully saturated rings. The van der Waals surface area contributed by atoms with Gasteiger partial charge in [-0.05, 0) is 66.1 Å². The van der Waals surface area contributed by atoms with Crippen molar-refractivity contribution in [3.63, 3.8) is 0 Å². The fourth-order valence-corrected chi connectivity index (χ4v) is 3.75. The predicted molar refractivity (Wildman–Crippen MR) is 164 cm³/mol. The molecule has 0 aliphatic heterocycles. The second-order valence-electron chi connectivity index (χ2n) is 8.78. The predicted octanol–water partition coefficient (Wildman–Crippen LogP) is 6.12. The van der Waals surface area contributed by atoms with E-state index < -0.39 is 11.9 Å². The van der Waals surface area contributed by atoms with Gasteiger partial charge in [0.1, 0.15) is 0 Å². The Labute approximate surface area is 244 Å². The number of esters is 1. The summed E-state index contributed by atoms with van der Waals surface area (Å²) in [6.45, 7) is 2.17. The maximum absolute atomic E-state index is 12.8. The molecule has 0 bridgehead atoms. The highest BCUT2D eigenvalue weighted by Gasteiger charge is 2.12. The summed E-state index contributed by atoms with van der Waals surface area (Å²) >= 11 is 0. The summed E-state index contributed by atoms with van der Waals surface area (Å²) in [6, 6.07) is 30.4. The molecule has 2 amide bonds. The van der Waals surface area contributed by atoms with Crippen molar-refractivity contribution >= 4 is 41.8 Å². The molecule has 0 saturated heterocycles. The normalized spacial score (nSPS) is 11.1. The first-order valence-corrected chi connectivity index (χ1v) is 13.2. The molecule has 0 aliphatic rings. The lowest BCUT2D eigenvalue weighted by Gasteiger charge is -2.10. The SMILES string of the molecule is CCOc1cc(/C=N\NC(=O)c2ccccc2NC(=O)/C=C/c2ccccc2)ccc1OC(=O)/C=C/c1ccccc1. The van der Waals surface area contributed by atoms with Crippen LogP contribution in [0.2, 0.25) is 0 Å². The van der Waals surface area contributed by atoms with Crippen LogP contribution in [-0.4, -0.2) is 30.6 Å². The van der Waals surface area contributed by atoms with Crippen LogP contribution in [0.3, 0.4) is 0 Å². The minimum absolute atomic E-state index is 0.247. The maximum Gasteiger partial charge on any atom is 0.336 e. The van der Waals surface area contributed by atoms with Crippen LogP contribution in [0.1, 0.15) is 34.0 Å². The van der Waals surface area contributed by atoms with Gasteiger partial charge in [-0.1, -0.05) is 72.8 Å². The van der Waals surface area contributed by atoms with Crippen LogP contribution in [0.25, 0.3) is 12.2 Å². The number of carbonyl (C=O) groups is 3. The lowest BCUT2D eigenvalue weighted by Crippen LogP contribution is -2.20. The Morgan fingerprint density at radius 3 is 2.07 bits per heavy atom. The van der Waals surface area contributed by atoms with Gasteiger partial charge in [0.05, 0.1) is 24.1 Å². The molecular weight excluding hydrogens is 530 g/mol. The zero-order chi connectivity index (χ0) is 29.6. The molecule has 0 unspecified atom stereocenters. The Hall–Kier alpha value is -5.76. The van der Waals surface area contributed by atoms with E-state index in [4.69, 9.17) is 9.47 Å². The van der Waals surface area contributed by atoms with Crippen molar-refractivity contribution < 1.29 is 23.9 Å². The number of amides is 2. The fraction of sp³-hybridized carbons (Fsp3) is 0.0588. The Morgan fingerprint density at radius 2 is 1.38 bits per heavy atom. The second kappa shape index (κ2) is 15.1. The molecule has 210 valence electrons. The van der Waals surface area contributed by atoms with Gasteiger partial charge in [-0.2, -0.15) is 5.10 Å². The number of hydrogen-bond donors (Lipinski definition) is 2. The number of ether oxygens (including phenoxy) is 2. The van der Waals surface area contributed by atoms with E-state index in [0.717, 1.165) is 11.1 Å². The Kier molecular flexibility index (Phi) is 10.5. The average Bonchev–Trinajstić information content (AvgIpc) is 3.01. The Balaban J connectivity index is 1.38. The summed E-state index contributed by atoms with van der Waals surface area (Å²) in [6.07, 6.45) is 7.53. The lowest BCUT2D eigenvalue weighted by atomic mass is 10.1.